The van der Waals surface area contributed by atoms with Crippen LogP contribution in [0.25, 0.3) is 11.0 Å². The largest absolute Gasteiger partial charge is 0.329 e. The Labute approximate surface area is 117 Å². The normalized spacial score (nSPS) is 10.7. The fourth-order valence-corrected chi connectivity index (χ4v) is 2.37. The van der Waals surface area contributed by atoms with Crippen molar-refractivity contribution in [3.8, 4) is 0 Å². The van der Waals surface area contributed by atoms with Crippen LogP contribution < -0.4 is 5.32 Å². The summed E-state index contributed by atoms with van der Waals surface area (Å²) in [5.74, 6) is 0.965. The van der Waals surface area contributed by atoms with Crippen LogP contribution in [-0.4, -0.2) is 16.0 Å². The Hall–Kier alpha value is -2.62. The van der Waals surface area contributed by atoms with Gasteiger partial charge in [0.2, 0.25) is 6.41 Å². The van der Waals surface area contributed by atoms with Crippen molar-refractivity contribution in [2.75, 3.05) is 5.32 Å². The molecule has 1 aromatic heterocycles. The Bertz CT molecular complexity index is 747. The van der Waals surface area contributed by atoms with Crippen LogP contribution in [0, 0.1) is 6.92 Å². The number of carbonyl (C=O) groups is 1. The highest BCUT2D eigenvalue weighted by Gasteiger charge is 2.08. The van der Waals surface area contributed by atoms with E-state index in [0.717, 1.165) is 29.1 Å². The molecule has 1 heterocycles. The molecule has 0 radical (unpaired) electrons. The lowest BCUT2D eigenvalue weighted by Gasteiger charge is -2.07. The first-order chi connectivity index (χ1) is 9.78. The van der Waals surface area contributed by atoms with Gasteiger partial charge >= 0.3 is 0 Å². The summed E-state index contributed by atoms with van der Waals surface area (Å²) in [7, 11) is 0. The van der Waals surface area contributed by atoms with Gasteiger partial charge in [-0.05, 0) is 30.7 Å². The summed E-state index contributed by atoms with van der Waals surface area (Å²) in [6, 6.07) is 16.1. The number of nitrogens with one attached hydrogen (secondary N) is 1. The molecule has 100 valence electrons. The molecule has 1 N–H and O–H groups in total. The van der Waals surface area contributed by atoms with E-state index in [2.05, 4.69) is 27.0 Å². The maximum absolute atomic E-state index is 10.5. The zero-order valence-electron chi connectivity index (χ0n) is 11.2. The van der Waals surface area contributed by atoms with Crippen molar-refractivity contribution < 1.29 is 4.79 Å². The molecule has 0 bridgehead atoms. The summed E-state index contributed by atoms with van der Waals surface area (Å²) >= 11 is 0. The SMILES string of the molecule is Cc1nc2cc(NC=O)ccc2n1Cc1ccccc1. The molecule has 1 amide bonds. The standard InChI is InChI=1S/C16H15N3O/c1-12-18-15-9-14(17-11-20)7-8-16(15)19(12)10-13-5-3-2-4-6-13/h2-9,11H,10H2,1H3,(H,17,20). The van der Waals surface area contributed by atoms with Gasteiger partial charge in [0.15, 0.2) is 0 Å². The Morgan fingerprint density at radius 3 is 2.75 bits per heavy atom. The van der Waals surface area contributed by atoms with Crippen LogP contribution in [-0.2, 0) is 11.3 Å². The number of hydrogen-bond donors (Lipinski definition) is 1. The van der Waals surface area contributed by atoms with Crippen molar-refractivity contribution in [3.63, 3.8) is 0 Å². The summed E-state index contributed by atoms with van der Waals surface area (Å²) in [5.41, 5.74) is 3.97. The van der Waals surface area contributed by atoms with E-state index in [4.69, 9.17) is 0 Å². The monoisotopic (exact) mass is 265 g/mol. The van der Waals surface area contributed by atoms with E-state index in [1.54, 1.807) is 0 Å². The quantitative estimate of drug-likeness (QED) is 0.737. The molecule has 3 rings (SSSR count). The highest BCUT2D eigenvalue weighted by atomic mass is 16.1. The van der Waals surface area contributed by atoms with Gasteiger partial charge in [0.05, 0.1) is 11.0 Å². The number of aromatic nitrogens is 2. The molecule has 2 aromatic carbocycles. The molecule has 0 aliphatic heterocycles. The van der Waals surface area contributed by atoms with E-state index in [9.17, 15) is 4.79 Å². The number of anilines is 1. The average Bonchev–Trinajstić information content (AvgIpc) is 2.76. The molecule has 0 unspecified atom stereocenters. The smallest absolute Gasteiger partial charge is 0.211 e. The van der Waals surface area contributed by atoms with Crippen molar-refractivity contribution in [2.24, 2.45) is 0 Å². The lowest BCUT2D eigenvalue weighted by molar-refractivity contribution is -0.105. The third-order valence-corrected chi connectivity index (χ3v) is 3.35. The number of nitrogens with zero attached hydrogens (tertiary/aromatic N) is 2. The Balaban J connectivity index is 2.02. The second-order valence-electron chi connectivity index (χ2n) is 4.70. The molecule has 0 saturated heterocycles. The Morgan fingerprint density at radius 1 is 1.20 bits per heavy atom. The first kappa shape index (κ1) is 12.4. The van der Waals surface area contributed by atoms with E-state index < -0.39 is 0 Å². The number of carbonyl (C=O) groups excluding carboxylic acids is 1. The van der Waals surface area contributed by atoms with Gasteiger partial charge in [-0.1, -0.05) is 30.3 Å². The van der Waals surface area contributed by atoms with Crippen molar-refractivity contribution in [1.82, 2.24) is 9.55 Å². The van der Waals surface area contributed by atoms with E-state index in [1.807, 2.05) is 43.3 Å². The number of amides is 1. The summed E-state index contributed by atoms with van der Waals surface area (Å²) in [4.78, 5) is 15.0. The van der Waals surface area contributed by atoms with Gasteiger partial charge in [-0.3, -0.25) is 4.79 Å². The van der Waals surface area contributed by atoms with Crippen molar-refractivity contribution in [1.29, 1.82) is 0 Å². The molecule has 0 aliphatic carbocycles. The van der Waals surface area contributed by atoms with Crippen molar-refractivity contribution in [3.05, 3.63) is 59.9 Å². The highest BCUT2D eigenvalue weighted by Crippen LogP contribution is 2.21. The molecule has 0 spiro atoms. The van der Waals surface area contributed by atoms with Crippen LogP contribution in [0.15, 0.2) is 48.5 Å². The molecule has 0 fully saturated rings. The minimum Gasteiger partial charge on any atom is -0.329 e. The van der Waals surface area contributed by atoms with Gasteiger partial charge in [-0.15, -0.1) is 0 Å². The summed E-state index contributed by atoms with van der Waals surface area (Å²) in [5, 5.41) is 2.65. The van der Waals surface area contributed by atoms with Crippen molar-refractivity contribution >= 4 is 23.1 Å². The zero-order valence-corrected chi connectivity index (χ0v) is 11.2. The first-order valence-electron chi connectivity index (χ1n) is 6.49. The number of benzene rings is 2. The predicted molar refractivity (Wildman–Crippen MR) is 79.7 cm³/mol. The fourth-order valence-electron chi connectivity index (χ4n) is 2.37. The topological polar surface area (TPSA) is 46.9 Å². The van der Waals surface area contributed by atoms with Crippen LogP contribution in [0.1, 0.15) is 11.4 Å². The van der Waals surface area contributed by atoms with E-state index in [-0.39, 0.29) is 0 Å². The Morgan fingerprint density at radius 2 is 2.00 bits per heavy atom. The van der Waals surface area contributed by atoms with E-state index in [1.165, 1.54) is 5.56 Å². The molecule has 4 heteroatoms. The van der Waals surface area contributed by atoms with Crippen LogP contribution in [0.2, 0.25) is 0 Å². The molecule has 4 nitrogen and oxygen atoms in total. The van der Waals surface area contributed by atoms with E-state index in [0.29, 0.717) is 6.41 Å². The maximum Gasteiger partial charge on any atom is 0.211 e. The minimum atomic E-state index is 0.676. The van der Waals surface area contributed by atoms with Gasteiger partial charge in [0, 0.05) is 12.2 Å². The molecular weight excluding hydrogens is 250 g/mol. The van der Waals surface area contributed by atoms with Gasteiger partial charge < -0.3 is 9.88 Å². The van der Waals surface area contributed by atoms with E-state index >= 15 is 0 Å². The highest BCUT2D eigenvalue weighted by molar-refractivity contribution is 5.83. The van der Waals surface area contributed by atoms with Gasteiger partial charge in [0.25, 0.3) is 0 Å². The molecule has 0 saturated carbocycles. The molecule has 0 atom stereocenters. The van der Waals surface area contributed by atoms with Gasteiger partial charge in [0.1, 0.15) is 5.82 Å². The van der Waals surface area contributed by atoms with Gasteiger partial charge in [-0.25, -0.2) is 4.98 Å². The van der Waals surface area contributed by atoms with Gasteiger partial charge in [-0.2, -0.15) is 0 Å². The number of hydrogen-bond acceptors (Lipinski definition) is 2. The Kier molecular flexibility index (Phi) is 3.21. The predicted octanol–water partition coefficient (Wildman–Crippen LogP) is 2.96. The first-order valence-corrected chi connectivity index (χ1v) is 6.49. The third kappa shape index (κ3) is 2.28. The van der Waals surface area contributed by atoms with Crippen LogP contribution in [0.5, 0.6) is 0 Å². The van der Waals surface area contributed by atoms with Crippen molar-refractivity contribution in [2.45, 2.75) is 13.5 Å². The summed E-state index contributed by atoms with van der Waals surface area (Å²) < 4.78 is 2.18. The number of aryl methyl sites for hydroxylation is 1. The molecule has 0 aliphatic rings. The number of rotatable bonds is 4. The van der Waals surface area contributed by atoms with Crippen LogP contribution in [0.3, 0.4) is 0 Å². The number of imidazole rings is 1. The summed E-state index contributed by atoms with van der Waals surface area (Å²) in [6.07, 6.45) is 0.676. The molecule has 20 heavy (non-hydrogen) atoms. The fraction of sp³-hybridized carbons (Fsp3) is 0.125. The van der Waals surface area contributed by atoms with Crippen LogP contribution in [0.4, 0.5) is 5.69 Å². The second kappa shape index (κ2) is 5.17. The number of fused-ring (bicyclic) bond motifs is 1. The maximum atomic E-state index is 10.5. The zero-order chi connectivity index (χ0) is 13.9. The average molecular weight is 265 g/mol. The summed E-state index contributed by atoms with van der Waals surface area (Å²) in [6.45, 7) is 2.79. The molecular formula is C16H15N3O. The van der Waals surface area contributed by atoms with Crippen LogP contribution >= 0.6 is 0 Å². The second-order valence-corrected chi connectivity index (χ2v) is 4.70. The minimum absolute atomic E-state index is 0.676. The molecule has 3 aromatic rings. The lowest BCUT2D eigenvalue weighted by Crippen LogP contribution is -2.01. The lowest BCUT2D eigenvalue weighted by atomic mass is 10.2. The third-order valence-electron chi connectivity index (χ3n) is 3.35.